The van der Waals surface area contributed by atoms with Crippen LogP contribution >= 0.6 is 15.6 Å². The van der Waals surface area contributed by atoms with Crippen LogP contribution in [0.5, 0.6) is 0 Å². The van der Waals surface area contributed by atoms with Crippen molar-refractivity contribution in [3.05, 3.63) is 62.4 Å². The molecule has 33 heavy (non-hydrogen) atoms. The molecule has 1 aliphatic rings. The van der Waals surface area contributed by atoms with Crippen LogP contribution in [0.2, 0.25) is 0 Å². The Bertz CT molecular complexity index is 1210. The van der Waals surface area contributed by atoms with E-state index in [4.69, 9.17) is 30.0 Å². The zero-order valence-corrected chi connectivity index (χ0v) is 18.3. The first-order valence-corrected chi connectivity index (χ1v) is 12.2. The van der Waals surface area contributed by atoms with Crippen LogP contribution in [0.4, 0.5) is 10.1 Å². The smallest absolute Gasteiger partial charge is 0.399 e. The van der Waals surface area contributed by atoms with Crippen molar-refractivity contribution in [2.24, 2.45) is 0 Å². The number of aromatic nitrogens is 2. The molecule has 4 atom stereocenters. The van der Waals surface area contributed by atoms with Crippen LogP contribution in [-0.2, 0) is 29.3 Å². The molecule has 3 rings (SSSR count). The molecule has 0 unspecified atom stereocenters. The summed E-state index contributed by atoms with van der Waals surface area (Å²) in [4.78, 5) is 62.4. The highest BCUT2D eigenvalue weighted by atomic mass is 31.2. The van der Waals surface area contributed by atoms with Gasteiger partial charge in [-0.1, -0.05) is 12.1 Å². The van der Waals surface area contributed by atoms with Crippen LogP contribution in [0.3, 0.4) is 0 Å². The van der Waals surface area contributed by atoms with E-state index >= 15 is 4.39 Å². The molecule has 2 heterocycles. The van der Waals surface area contributed by atoms with Crippen molar-refractivity contribution in [2.45, 2.75) is 31.0 Å². The maximum atomic E-state index is 15.1. The highest BCUT2D eigenvalue weighted by molar-refractivity contribution is 7.46. The van der Waals surface area contributed by atoms with E-state index in [-0.39, 0.29) is 12.0 Å². The standard InChI is InChI=1S/C16H20FN3O11P2/c17-12-13(31-33(26,27)28)11(7-29-32(23,24)25)30-15(12)20-6-9(14(21)19-16(20)22)5-8-1-3-10(18)4-2-8/h1-4,6,11-13,15H,5,7,18H2,(H,19,21,22)(H2,23,24,25)(H2,26,27,28)/t11-,12+,13-,15-/m1/s1. The van der Waals surface area contributed by atoms with Crippen LogP contribution in [-0.4, -0.2) is 54.1 Å². The van der Waals surface area contributed by atoms with Gasteiger partial charge in [0.2, 0.25) is 0 Å². The number of H-pyrrole nitrogens is 1. The molecule has 182 valence electrons. The molecule has 1 aliphatic heterocycles. The first kappa shape index (κ1) is 25.4. The second-order valence-corrected chi connectivity index (χ2v) is 9.53. The molecule has 1 saturated heterocycles. The molecule has 17 heteroatoms. The summed E-state index contributed by atoms with van der Waals surface area (Å²) >= 11 is 0. The fourth-order valence-electron chi connectivity index (χ4n) is 3.20. The molecule has 1 aromatic heterocycles. The van der Waals surface area contributed by atoms with Gasteiger partial charge >= 0.3 is 21.3 Å². The van der Waals surface area contributed by atoms with E-state index in [1.165, 1.54) is 0 Å². The zero-order chi connectivity index (χ0) is 24.6. The Morgan fingerprint density at radius 2 is 1.76 bits per heavy atom. The Labute approximate surface area is 184 Å². The lowest BCUT2D eigenvalue weighted by molar-refractivity contribution is -0.0479. The predicted octanol–water partition coefficient (Wildman–Crippen LogP) is -0.468. The Morgan fingerprint density at radius 3 is 2.33 bits per heavy atom. The van der Waals surface area contributed by atoms with Gasteiger partial charge in [0.25, 0.3) is 5.56 Å². The molecule has 1 fully saturated rings. The first-order valence-electron chi connectivity index (χ1n) is 9.16. The van der Waals surface area contributed by atoms with Gasteiger partial charge in [0.05, 0.1) is 6.61 Å². The molecule has 7 N–H and O–H groups in total. The highest BCUT2D eigenvalue weighted by Gasteiger charge is 2.50. The first-order chi connectivity index (χ1) is 15.2. The second-order valence-electron chi connectivity index (χ2n) is 7.10. The summed E-state index contributed by atoms with van der Waals surface area (Å²) in [5, 5.41) is 0. The molecule has 0 spiro atoms. The fourth-order valence-corrected chi connectivity index (χ4v) is 4.11. The van der Waals surface area contributed by atoms with Crippen molar-refractivity contribution in [1.82, 2.24) is 9.55 Å². The van der Waals surface area contributed by atoms with E-state index in [0.29, 0.717) is 15.8 Å². The molecular weight excluding hydrogens is 491 g/mol. The SMILES string of the molecule is Nc1ccc(Cc2cn([C@@H]3O[C@H](COP(=O)(O)O)[C@@H](OP(=O)(O)O)[C@@H]3F)c(=O)[nH]c2=O)cc1. The molecule has 0 bridgehead atoms. The number of alkyl halides is 1. The summed E-state index contributed by atoms with van der Waals surface area (Å²) in [6.07, 6.45) is -6.99. The quantitative estimate of drug-likeness (QED) is 0.196. The number of hydrogen-bond donors (Lipinski definition) is 6. The fraction of sp³-hybridized carbons (Fsp3) is 0.375. The van der Waals surface area contributed by atoms with Crippen molar-refractivity contribution in [3.8, 4) is 0 Å². The molecular formula is C16H20FN3O11P2. The van der Waals surface area contributed by atoms with Crippen LogP contribution in [0, 0.1) is 0 Å². The van der Waals surface area contributed by atoms with Gasteiger partial charge in [0, 0.05) is 23.9 Å². The van der Waals surface area contributed by atoms with E-state index in [9.17, 15) is 18.7 Å². The van der Waals surface area contributed by atoms with E-state index in [1.54, 1.807) is 24.3 Å². The Hall–Kier alpha value is -2.19. The minimum Gasteiger partial charge on any atom is -0.399 e. The number of phosphoric acid groups is 2. The monoisotopic (exact) mass is 511 g/mol. The number of nitrogens with zero attached hydrogens (tertiary/aromatic N) is 1. The topological polar surface area (TPSA) is 224 Å². The third kappa shape index (κ3) is 6.67. The number of phosphoric ester groups is 2. The average molecular weight is 511 g/mol. The van der Waals surface area contributed by atoms with Gasteiger partial charge in [0.1, 0.15) is 12.2 Å². The number of nitrogen functional groups attached to an aromatic ring is 1. The van der Waals surface area contributed by atoms with Gasteiger partial charge in [-0.2, -0.15) is 0 Å². The van der Waals surface area contributed by atoms with Crippen LogP contribution in [0.1, 0.15) is 17.4 Å². The van der Waals surface area contributed by atoms with E-state index in [0.717, 1.165) is 6.20 Å². The summed E-state index contributed by atoms with van der Waals surface area (Å²) in [7, 11) is -10.3. The van der Waals surface area contributed by atoms with Crippen LogP contribution in [0.25, 0.3) is 0 Å². The molecule has 14 nitrogen and oxygen atoms in total. The normalized spacial score (nSPS) is 23.7. The lowest BCUT2D eigenvalue weighted by atomic mass is 10.1. The molecule has 1 aromatic carbocycles. The van der Waals surface area contributed by atoms with Crippen LogP contribution < -0.4 is 17.0 Å². The zero-order valence-electron chi connectivity index (χ0n) is 16.6. The molecule has 2 aromatic rings. The van der Waals surface area contributed by atoms with Crippen molar-refractivity contribution in [1.29, 1.82) is 0 Å². The minimum atomic E-state index is -5.28. The number of aromatic amines is 1. The number of hydrogen-bond acceptors (Lipinski definition) is 8. The van der Waals surface area contributed by atoms with E-state index < -0.39 is 58.1 Å². The summed E-state index contributed by atoms with van der Waals surface area (Å²) in [5.74, 6) is 0. The van der Waals surface area contributed by atoms with E-state index in [1.807, 2.05) is 4.98 Å². The minimum absolute atomic E-state index is 0.0206. The predicted molar refractivity (Wildman–Crippen MR) is 109 cm³/mol. The summed E-state index contributed by atoms with van der Waals surface area (Å²) in [5.41, 5.74) is 4.91. The number of rotatable bonds is 8. The number of ether oxygens (including phenoxy) is 1. The number of nitrogens with one attached hydrogen (secondary N) is 1. The Morgan fingerprint density at radius 1 is 1.12 bits per heavy atom. The Balaban J connectivity index is 1.93. The Kier molecular flexibility index (Phi) is 7.39. The largest absolute Gasteiger partial charge is 0.470 e. The van der Waals surface area contributed by atoms with Gasteiger partial charge in [-0.15, -0.1) is 0 Å². The number of halogens is 1. The summed E-state index contributed by atoms with van der Waals surface area (Å²) in [6, 6.07) is 6.45. The number of nitrogens with two attached hydrogens (primary N) is 1. The third-order valence-corrected chi connectivity index (χ3v) is 5.63. The van der Waals surface area contributed by atoms with Crippen molar-refractivity contribution < 1.29 is 46.9 Å². The summed E-state index contributed by atoms with van der Waals surface area (Å²) in [6.45, 7) is -1.01. The molecule has 0 radical (unpaired) electrons. The maximum absolute atomic E-state index is 15.1. The lowest BCUT2D eigenvalue weighted by Gasteiger charge is -2.19. The summed E-state index contributed by atoms with van der Waals surface area (Å²) < 4.78 is 51.9. The average Bonchev–Trinajstić information content (AvgIpc) is 2.98. The number of benzene rings is 1. The van der Waals surface area contributed by atoms with Crippen molar-refractivity contribution in [3.63, 3.8) is 0 Å². The third-order valence-electron chi connectivity index (χ3n) is 4.62. The van der Waals surface area contributed by atoms with Crippen molar-refractivity contribution in [2.75, 3.05) is 12.3 Å². The number of anilines is 1. The van der Waals surface area contributed by atoms with Gasteiger partial charge in [-0.3, -0.25) is 23.4 Å². The van der Waals surface area contributed by atoms with E-state index in [2.05, 4.69) is 9.05 Å². The van der Waals surface area contributed by atoms with Gasteiger partial charge in [-0.05, 0) is 17.7 Å². The molecule has 0 amide bonds. The second kappa shape index (κ2) is 9.58. The van der Waals surface area contributed by atoms with Crippen molar-refractivity contribution >= 4 is 21.3 Å². The molecule has 0 saturated carbocycles. The molecule has 0 aliphatic carbocycles. The van der Waals surface area contributed by atoms with Gasteiger partial charge in [0.15, 0.2) is 12.4 Å². The van der Waals surface area contributed by atoms with Crippen LogP contribution in [0.15, 0.2) is 40.1 Å². The highest BCUT2D eigenvalue weighted by Crippen LogP contribution is 2.46. The maximum Gasteiger partial charge on any atom is 0.470 e. The van der Waals surface area contributed by atoms with Gasteiger partial charge < -0.3 is 30.0 Å². The van der Waals surface area contributed by atoms with Gasteiger partial charge in [-0.25, -0.2) is 18.3 Å². The lowest BCUT2D eigenvalue weighted by Crippen LogP contribution is -2.38.